The fraction of sp³-hybridized carbons (Fsp3) is 0.0769. The molecule has 0 radical (unpaired) electrons. The van der Waals surface area contributed by atoms with Gasteiger partial charge in [-0.05, 0) is 48.3 Å². The first kappa shape index (κ1) is 26.0. The maximum absolute atomic E-state index is 8.66. The van der Waals surface area contributed by atoms with Crippen molar-refractivity contribution in [3.05, 3.63) is 104 Å². The molecule has 0 unspecified atom stereocenters. The number of hydrogen-bond donors (Lipinski definition) is 0. The van der Waals surface area contributed by atoms with E-state index in [0.29, 0.717) is 21.2 Å². The Morgan fingerprint density at radius 1 is 0.625 bits per heavy atom. The molecule has 32 heavy (non-hydrogen) atoms. The normalized spacial score (nSPS) is 9.50. The van der Waals surface area contributed by atoms with Crippen LogP contribution in [0, 0.1) is 45.3 Å². The van der Waals surface area contributed by atoms with Gasteiger partial charge >= 0.3 is 0 Å². The summed E-state index contributed by atoms with van der Waals surface area (Å²) >= 11 is 11.9. The van der Waals surface area contributed by atoms with E-state index in [2.05, 4.69) is 0 Å². The second kappa shape index (κ2) is 14.0. The SMILES string of the molecule is CC(/C=C/c1ccccc1Cl)=C(C#N)C#N.CC(/C=C/c1ccccc1Cl)=C(C#N)C#N. The number of nitrogens with zero attached hydrogens (tertiary/aromatic N) is 4. The molecule has 0 aliphatic heterocycles. The second-order valence-corrected chi connectivity index (χ2v) is 7.09. The molecule has 2 aromatic rings. The first-order chi connectivity index (χ1) is 15.4. The van der Waals surface area contributed by atoms with E-state index in [1.54, 1.807) is 50.3 Å². The van der Waals surface area contributed by atoms with Crippen LogP contribution in [0.15, 0.2) is 83.0 Å². The maximum Gasteiger partial charge on any atom is 0.132 e. The average Bonchev–Trinajstić information content (AvgIpc) is 2.80. The van der Waals surface area contributed by atoms with E-state index in [-0.39, 0.29) is 11.1 Å². The Kier molecular flexibility index (Phi) is 11.4. The van der Waals surface area contributed by atoms with Crippen LogP contribution in [0.3, 0.4) is 0 Å². The van der Waals surface area contributed by atoms with E-state index in [1.165, 1.54) is 0 Å². The summed E-state index contributed by atoms with van der Waals surface area (Å²) in [6.45, 7) is 3.43. The van der Waals surface area contributed by atoms with E-state index >= 15 is 0 Å². The molecule has 0 saturated carbocycles. The minimum Gasteiger partial charge on any atom is -0.192 e. The van der Waals surface area contributed by atoms with Gasteiger partial charge in [-0.3, -0.25) is 0 Å². The first-order valence-corrected chi connectivity index (χ1v) is 10.0. The van der Waals surface area contributed by atoms with Crippen molar-refractivity contribution >= 4 is 35.4 Å². The lowest BCUT2D eigenvalue weighted by atomic mass is 10.1. The summed E-state index contributed by atoms with van der Waals surface area (Å²) in [7, 11) is 0. The minimum atomic E-state index is 0.114. The van der Waals surface area contributed by atoms with Crippen LogP contribution in [0.4, 0.5) is 0 Å². The van der Waals surface area contributed by atoms with Crippen LogP contribution >= 0.6 is 23.2 Å². The zero-order chi connectivity index (χ0) is 23.9. The number of allylic oxidation sites excluding steroid dienone is 6. The van der Waals surface area contributed by atoms with E-state index < -0.39 is 0 Å². The van der Waals surface area contributed by atoms with Crippen molar-refractivity contribution < 1.29 is 0 Å². The third-order valence-electron chi connectivity index (χ3n) is 4.07. The Morgan fingerprint density at radius 3 is 1.22 bits per heavy atom. The fourth-order valence-corrected chi connectivity index (χ4v) is 2.62. The zero-order valence-corrected chi connectivity index (χ0v) is 19.0. The number of nitriles is 4. The predicted molar refractivity (Wildman–Crippen MR) is 129 cm³/mol. The minimum absolute atomic E-state index is 0.114. The Labute approximate surface area is 198 Å². The van der Waals surface area contributed by atoms with Gasteiger partial charge in [0, 0.05) is 10.0 Å². The highest BCUT2D eigenvalue weighted by molar-refractivity contribution is 6.32. The molecule has 0 N–H and O–H groups in total. The molecule has 0 atom stereocenters. The van der Waals surface area contributed by atoms with Gasteiger partial charge in [-0.2, -0.15) is 21.0 Å². The van der Waals surface area contributed by atoms with E-state index in [1.807, 2.05) is 60.7 Å². The first-order valence-electron chi connectivity index (χ1n) is 9.25. The Bertz CT molecular complexity index is 1120. The van der Waals surface area contributed by atoms with Crippen LogP contribution in [0.25, 0.3) is 12.2 Å². The van der Waals surface area contributed by atoms with Crippen molar-refractivity contribution in [1.29, 1.82) is 21.0 Å². The summed E-state index contributed by atoms with van der Waals surface area (Å²) in [5.74, 6) is 0. The smallest absolute Gasteiger partial charge is 0.132 e. The molecule has 6 heteroatoms. The summed E-state index contributed by atoms with van der Waals surface area (Å²) in [6.07, 6.45) is 6.99. The topological polar surface area (TPSA) is 95.2 Å². The maximum atomic E-state index is 8.66. The summed E-state index contributed by atoms with van der Waals surface area (Å²) in [4.78, 5) is 0. The fourth-order valence-electron chi connectivity index (χ4n) is 2.22. The molecule has 0 aromatic heterocycles. The Balaban J connectivity index is 0.000000320. The molecule has 4 nitrogen and oxygen atoms in total. The third kappa shape index (κ3) is 8.36. The number of hydrogen-bond acceptors (Lipinski definition) is 4. The number of benzene rings is 2. The molecule has 0 spiro atoms. The third-order valence-corrected chi connectivity index (χ3v) is 4.76. The summed E-state index contributed by atoms with van der Waals surface area (Å²) < 4.78 is 0. The summed E-state index contributed by atoms with van der Waals surface area (Å²) in [5.41, 5.74) is 3.21. The standard InChI is InChI=1S/2C13H9ClN2/c2*1-10(12(8-15)9-16)6-7-11-4-2-3-5-13(11)14/h2*2-7H,1H3/b2*7-6+. The quantitative estimate of drug-likeness (QED) is 0.352. The van der Waals surface area contributed by atoms with Crippen molar-refractivity contribution in [3.8, 4) is 24.3 Å². The van der Waals surface area contributed by atoms with Crippen molar-refractivity contribution in [2.24, 2.45) is 0 Å². The Morgan fingerprint density at radius 2 is 0.938 bits per heavy atom. The van der Waals surface area contributed by atoms with Gasteiger partial charge in [0.1, 0.15) is 35.4 Å². The van der Waals surface area contributed by atoms with Gasteiger partial charge in [0.15, 0.2) is 0 Å². The van der Waals surface area contributed by atoms with Crippen molar-refractivity contribution in [2.75, 3.05) is 0 Å². The molecule has 0 bridgehead atoms. The van der Waals surface area contributed by atoms with Gasteiger partial charge in [0.2, 0.25) is 0 Å². The summed E-state index contributed by atoms with van der Waals surface area (Å²) in [5, 5.41) is 35.9. The largest absolute Gasteiger partial charge is 0.192 e. The van der Waals surface area contributed by atoms with Crippen LogP contribution in [0.5, 0.6) is 0 Å². The lowest BCUT2D eigenvalue weighted by molar-refractivity contribution is 1.40. The summed E-state index contributed by atoms with van der Waals surface area (Å²) in [6, 6.07) is 22.1. The number of halogens is 2. The molecule has 0 aliphatic rings. The van der Waals surface area contributed by atoms with Gasteiger partial charge in [-0.25, -0.2) is 0 Å². The van der Waals surface area contributed by atoms with Crippen LogP contribution in [0.2, 0.25) is 10.0 Å². The average molecular weight is 457 g/mol. The zero-order valence-electron chi connectivity index (χ0n) is 17.5. The highest BCUT2D eigenvalue weighted by Gasteiger charge is 1.98. The van der Waals surface area contributed by atoms with Crippen LogP contribution < -0.4 is 0 Å². The number of rotatable bonds is 4. The second-order valence-electron chi connectivity index (χ2n) is 6.27. The van der Waals surface area contributed by atoms with Crippen molar-refractivity contribution in [2.45, 2.75) is 13.8 Å². The van der Waals surface area contributed by atoms with Crippen molar-refractivity contribution in [1.82, 2.24) is 0 Å². The van der Waals surface area contributed by atoms with Gasteiger partial charge < -0.3 is 0 Å². The molecule has 2 aromatic carbocycles. The van der Waals surface area contributed by atoms with E-state index in [4.69, 9.17) is 44.2 Å². The highest BCUT2D eigenvalue weighted by atomic mass is 35.5. The molecule has 2 rings (SSSR count). The predicted octanol–water partition coefficient (Wildman–Crippen LogP) is 7.43. The molecule has 0 amide bonds. The van der Waals surface area contributed by atoms with Crippen LogP contribution in [-0.2, 0) is 0 Å². The van der Waals surface area contributed by atoms with E-state index in [9.17, 15) is 0 Å². The van der Waals surface area contributed by atoms with E-state index in [0.717, 1.165) is 11.1 Å². The monoisotopic (exact) mass is 456 g/mol. The van der Waals surface area contributed by atoms with Gasteiger partial charge in [0.25, 0.3) is 0 Å². The molecule has 0 aliphatic carbocycles. The lowest BCUT2D eigenvalue weighted by Gasteiger charge is -1.96. The molecular formula is C26H18Cl2N4. The molecule has 0 heterocycles. The van der Waals surface area contributed by atoms with Crippen LogP contribution in [0.1, 0.15) is 25.0 Å². The van der Waals surface area contributed by atoms with Crippen LogP contribution in [-0.4, -0.2) is 0 Å². The molecular weight excluding hydrogens is 439 g/mol. The van der Waals surface area contributed by atoms with Gasteiger partial charge in [-0.15, -0.1) is 0 Å². The highest BCUT2D eigenvalue weighted by Crippen LogP contribution is 2.18. The molecule has 156 valence electrons. The molecule has 0 fully saturated rings. The Hall–Kier alpha value is -4.06. The van der Waals surface area contributed by atoms with Crippen molar-refractivity contribution in [3.63, 3.8) is 0 Å². The molecule has 0 saturated heterocycles. The van der Waals surface area contributed by atoms with Gasteiger partial charge in [-0.1, -0.05) is 83.9 Å². The van der Waals surface area contributed by atoms with Gasteiger partial charge in [0.05, 0.1) is 0 Å². The lowest BCUT2D eigenvalue weighted by Crippen LogP contribution is -1.79.